The van der Waals surface area contributed by atoms with E-state index in [0.717, 1.165) is 23.6 Å². The van der Waals surface area contributed by atoms with Gasteiger partial charge >= 0.3 is 12.3 Å². The Bertz CT molecular complexity index is 894. The molecule has 1 saturated carbocycles. The average molecular weight is 470 g/mol. The van der Waals surface area contributed by atoms with E-state index in [-0.39, 0.29) is 0 Å². The zero-order valence-corrected chi connectivity index (χ0v) is 18.4. The predicted octanol–water partition coefficient (Wildman–Crippen LogP) is 8.80. The van der Waals surface area contributed by atoms with Gasteiger partial charge in [-0.15, -0.1) is 0 Å². The van der Waals surface area contributed by atoms with Crippen LogP contribution in [0.3, 0.4) is 0 Å². The smallest absolute Gasteiger partial charge is 0.430 e. The second-order valence-electron chi connectivity index (χ2n) is 8.64. The highest BCUT2D eigenvalue weighted by Gasteiger charge is 2.59. The van der Waals surface area contributed by atoms with Gasteiger partial charge in [-0.25, -0.2) is 4.39 Å². The molecule has 2 aromatic rings. The van der Waals surface area contributed by atoms with Crippen LogP contribution in [0.4, 0.5) is 26.3 Å². The Morgan fingerprint density at radius 2 is 1.36 bits per heavy atom. The molecule has 1 aliphatic carbocycles. The van der Waals surface area contributed by atoms with Crippen LogP contribution in [0.2, 0.25) is 0 Å². The summed E-state index contributed by atoms with van der Waals surface area (Å²) in [5, 5.41) is 0. The topological polar surface area (TPSA) is 9.23 Å². The number of benzene rings is 2. The fourth-order valence-corrected chi connectivity index (χ4v) is 4.31. The highest BCUT2D eigenvalue weighted by Crippen LogP contribution is 2.38. The summed E-state index contributed by atoms with van der Waals surface area (Å²) in [7, 11) is 0. The predicted molar refractivity (Wildman–Crippen MR) is 118 cm³/mol. The largest absolute Gasteiger partial charge is 0.439 e. The normalized spacial score (nSPS) is 20.7. The lowest BCUT2D eigenvalue weighted by atomic mass is 9.77. The number of rotatable bonds is 8. The van der Waals surface area contributed by atoms with Gasteiger partial charge in [0, 0.05) is 0 Å². The minimum Gasteiger partial charge on any atom is -0.430 e. The Morgan fingerprint density at radius 3 is 1.85 bits per heavy atom. The third-order valence-electron chi connectivity index (χ3n) is 6.14. The molecule has 1 fully saturated rings. The Balaban J connectivity index is 1.56. The van der Waals surface area contributed by atoms with E-state index in [1.165, 1.54) is 56.2 Å². The van der Waals surface area contributed by atoms with Gasteiger partial charge in [-0.3, -0.25) is 0 Å². The molecule has 0 spiro atoms. The fourth-order valence-electron chi connectivity index (χ4n) is 4.31. The molecule has 7 heteroatoms. The minimum atomic E-state index is -5.71. The molecule has 1 unspecified atom stereocenters. The van der Waals surface area contributed by atoms with Gasteiger partial charge in [-0.2, -0.15) is 22.0 Å². The lowest BCUT2D eigenvalue weighted by Gasteiger charge is -2.28. The summed E-state index contributed by atoms with van der Waals surface area (Å²) in [6, 6.07) is 13.3. The molecule has 1 atom stereocenters. The maximum atomic E-state index is 13.4. The summed E-state index contributed by atoms with van der Waals surface area (Å²) < 4.78 is 80.2. The molecule has 33 heavy (non-hydrogen) atoms. The summed E-state index contributed by atoms with van der Waals surface area (Å²) in [6.45, 7) is 2.23. The molecule has 180 valence electrons. The lowest BCUT2D eigenvalue weighted by molar-refractivity contribution is -0.304. The van der Waals surface area contributed by atoms with Gasteiger partial charge in [0.2, 0.25) is 0 Å². The van der Waals surface area contributed by atoms with Gasteiger partial charge in [0.25, 0.3) is 6.17 Å². The molecular weight excluding hydrogens is 442 g/mol. The number of alkyl halides is 6. The van der Waals surface area contributed by atoms with Gasteiger partial charge in [0.1, 0.15) is 5.75 Å². The highest BCUT2D eigenvalue weighted by atomic mass is 19.4. The molecule has 0 radical (unpaired) electrons. The highest BCUT2D eigenvalue weighted by molar-refractivity contribution is 5.69. The summed E-state index contributed by atoms with van der Waals surface area (Å²) in [5.74, 6) is 0.907. The van der Waals surface area contributed by atoms with E-state index >= 15 is 0 Å². The van der Waals surface area contributed by atoms with Gasteiger partial charge in [-0.05, 0) is 66.3 Å². The SMILES string of the molecule is CCCC1CCC(c2ccc(/C=C/c3ccc(OC(F)(F)C(F)C(F)(F)F)cc3)cc2)CC1. The standard InChI is InChI=1S/C26H28F6O/c1-2-3-18-6-12-21(13-7-18)22-14-8-19(9-15-22)4-5-20-10-16-23(17-11-20)33-26(31,32)24(27)25(28,29)30/h4-5,8-11,14-18,21,24H,2-3,6-7,12-13H2,1H3/b5-4+. The summed E-state index contributed by atoms with van der Waals surface area (Å²) in [6.07, 6.45) is -3.94. The number of halogens is 6. The summed E-state index contributed by atoms with van der Waals surface area (Å²) in [4.78, 5) is 0. The van der Waals surface area contributed by atoms with Crippen molar-refractivity contribution in [2.45, 2.75) is 69.8 Å². The van der Waals surface area contributed by atoms with Gasteiger partial charge in [-0.1, -0.05) is 68.3 Å². The maximum Gasteiger partial charge on any atom is 0.439 e. The van der Waals surface area contributed by atoms with Crippen molar-refractivity contribution in [2.24, 2.45) is 5.92 Å². The van der Waals surface area contributed by atoms with E-state index in [4.69, 9.17) is 0 Å². The Morgan fingerprint density at radius 1 is 0.848 bits per heavy atom. The van der Waals surface area contributed by atoms with Crippen LogP contribution in [0, 0.1) is 5.92 Å². The van der Waals surface area contributed by atoms with Crippen LogP contribution in [0.25, 0.3) is 12.2 Å². The molecule has 2 aromatic carbocycles. The molecule has 0 aliphatic heterocycles. The Kier molecular flexibility index (Phi) is 8.14. The van der Waals surface area contributed by atoms with Crippen molar-refractivity contribution in [2.75, 3.05) is 0 Å². The second-order valence-corrected chi connectivity index (χ2v) is 8.64. The first-order chi connectivity index (χ1) is 15.6. The van der Waals surface area contributed by atoms with Crippen LogP contribution in [0.5, 0.6) is 5.75 Å². The zero-order chi connectivity index (χ0) is 24.1. The van der Waals surface area contributed by atoms with Gasteiger partial charge in [0.15, 0.2) is 0 Å². The van der Waals surface area contributed by atoms with Crippen LogP contribution in [-0.2, 0) is 0 Å². The first kappa shape index (κ1) is 25.2. The molecule has 0 N–H and O–H groups in total. The molecule has 1 nitrogen and oxygen atoms in total. The molecule has 0 aromatic heterocycles. The van der Waals surface area contributed by atoms with Crippen molar-refractivity contribution in [3.8, 4) is 5.75 Å². The monoisotopic (exact) mass is 470 g/mol. The van der Waals surface area contributed by atoms with Crippen molar-refractivity contribution in [1.82, 2.24) is 0 Å². The van der Waals surface area contributed by atoms with Crippen molar-refractivity contribution >= 4 is 12.2 Å². The molecule has 0 amide bonds. The van der Waals surface area contributed by atoms with Crippen molar-refractivity contribution in [1.29, 1.82) is 0 Å². The van der Waals surface area contributed by atoms with Gasteiger partial charge < -0.3 is 4.74 Å². The van der Waals surface area contributed by atoms with Crippen molar-refractivity contribution in [3.63, 3.8) is 0 Å². The molecule has 0 bridgehead atoms. The van der Waals surface area contributed by atoms with E-state index in [0.29, 0.717) is 11.5 Å². The van der Waals surface area contributed by atoms with Crippen LogP contribution < -0.4 is 4.74 Å². The first-order valence-corrected chi connectivity index (χ1v) is 11.2. The number of hydrogen-bond acceptors (Lipinski definition) is 1. The van der Waals surface area contributed by atoms with Crippen LogP contribution >= 0.6 is 0 Å². The molecule has 1 aliphatic rings. The Labute approximate surface area is 190 Å². The van der Waals surface area contributed by atoms with E-state index in [1.807, 2.05) is 18.2 Å². The van der Waals surface area contributed by atoms with Crippen molar-refractivity contribution < 1.29 is 31.1 Å². The molecular formula is C26H28F6O. The fraction of sp³-hybridized carbons (Fsp3) is 0.462. The van der Waals surface area contributed by atoms with Crippen molar-refractivity contribution in [3.05, 3.63) is 65.2 Å². The third-order valence-corrected chi connectivity index (χ3v) is 6.14. The second kappa shape index (κ2) is 10.7. The number of hydrogen-bond donors (Lipinski definition) is 0. The summed E-state index contributed by atoms with van der Waals surface area (Å²) >= 11 is 0. The maximum absolute atomic E-state index is 13.4. The van der Waals surface area contributed by atoms with Gasteiger partial charge in [0.05, 0.1) is 0 Å². The molecule has 3 rings (SSSR count). The van der Waals surface area contributed by atoms with Crippen LogP contribution in [-0.4, -0.2) is 18.5 Å². The van der Waals surface area contributed by atoms with Crippen LogP contribution in [0.15, 0.2) is 48.5 Å². The zero-order valence-electron chi connectivity index (χ0n) is 18.4. The van der Waals surface area contributed by atoms with E-state index in [1.54, 1.807) is 6.08 Å². The van der Waals surface area contributed by atoms with E-state index in [9.17, 15) is 26.3 Å². The third kappa shape index (κ3) is 7.02. The average Bonchev–Trinajstić information content (AvgIpc) is 2.78. The first-order valence-electron chi connectivity index (χ1n) is 11.2. The number of ether oxygens (including phenoxy) is 1. The minimum absolute atomic E-state index is 0.554. The van der Waals surface area contributed by atoms with Crippen LogP contribution in [0.1, 0.15) is 68.1 Å². The Hall–Kier alpha value is -2.44. The molecule has 0 heterocycles. The summed E-state index contributed by atoms with van der Waals surface area (Å²) in [5.41, 5.74) is 2.95. The lowest BCUT2D eigenvalue weighted by Crippen LogP contribution is -2.45. The van der Waals surface area contributed by atoms with E-state index in [2.05, 4.69) is 23.8 Å². The quantitative estimate of drug-likeness (QED) is 0.277. The van der Waals surface area contributed by atoms with E-state index < -0.39 is 24.2 Å². The molecule has 0 saturated heterocycles.